The second-order valence-electron chi connectivity index (χ2n) is 5.77. The molecule has 0 bridgehead atoms. The molecule has 0 aliphatic carbocycles. The third kappa shape index (κ3) is 6.16. The van der Waals surface area contributed by atoms with Gasteiger partial charge in [-0.3, -0.25) is 0 Å². The Balaban J connectivity index is 3.88. The van der Waals surface area contributed by atoms with E-state index in [-0.39, 0.29) is 0 Å². The van der Waals surface area contributed by atoms with Gasteiger partial charge in [0, 0.05) is 12.1 Å². The van der Waals surface area contributed by atoms with E-state index in [0.29, 0.717) is 17.5 Å². The van der Waals surface area contributed by atoms with Crippen LogP contribution < -0.4 is 5.32 Å². The second-order valence-corrected chi connectivity index (χ2v) is 5.77. The van der Waals surface area contributed by atoms with Crippen molar-refractivity contribution in [3.8, 4) is 0 Å². The van der Waals surface area contributed by atoms with E-state index in [1.165, 1.54) is 13.0 Å². The fourth-order valence-corrected chi connectivity index (χ4v) is 1.70. The molecule has 2 heteroatoms. The summed E-state index contributed by atoms with van der Waals surface area (Å²) in [6, 6.07) is 1.26. The molecule has 0 saturated heterocycles. The first kappa shape index (κ1) is 14.9. The molecule has 92 valence electrons. The molecule has 0 fully saturated rings. The van der Waals surface area contributed by atoms with Gasteiger partial charge in [-0.05, 0) is 45.8 Å². The van der Waals surface area contributed by atoms with Crippen molar-refractivity contribution in [2.75, 3.05) is 20.1 Å². The Morgan fingerprint density at radius 3 is 2.13 bits per heavy atom. The van der Waals surface area contributed by atoms with Crippen molar-refractivity contribution in [3.63, 3.8) is 0 Å². The molecule has 0 aliphatic heterocycles. The van der Waals surface area contributed by atoms with Gasteiger partial charge in [0.05, 0.1) is 0 Å². The van der Waals surface area contributed by atoms with Gasteiger partial charge in [-0.2, -0.15) is 0 Å². The molecule has 0 aromatic carbocycles. The summed E-state index contributed by atoms with van der Waals surface area (Å²) < 4.78 is 0. The number of nitrogens with zero attached hydrogens (tertiary/aromatic N) is 1. The van der Waals surface area contributed by atoms with Gasteiger partial charge in [0.25, 0.3) is 0 Å². The monoisotopic (exact) mass is 214 g/mol. The molecule has 0 spiro atoms. The van der Waals surface area contributed by atoms with Crippen molar-refractivity contribution in [1.82, 2.24) is 10.2 Å². The predicted octanol–water partition coefficient (Wildman–Crippen LogP) is 2.74. The Morgan fingerprint density at radius 1 is 1.20 bits per heavy atom. The quantitative estimate of drug-likeness (QED) is 0.731. The summed E-state index contributed by atoms with van der Waals surface area (Å²) in [6.45, 7) is 15.9. The molecule has 2 atom stereocenters. The average Bonchev–Trinajstić information content (AvgIpc) is 2.12. The van der Waals surface area contributed by atoms with E-state index in [4.69, 9.17) is 0 Å². The van der Waals surface area contributed by atoms with Gasteiger partial charge >= 0.3 is 0 Å². The zero-order chi connectivity index (χ0) is 12.1. The second kappa shape index (κ2) is 6.49. The molecule has 0 saturated carbocycles. The maximum Gasteiger partial charge on any atom is 0.0112 e. The zero-order valence-corrected chi connectivity index (χ0v) is 11.7. The highest BCUT2D eigenvalue weighted by Crippen LogP contribution is 2.22. The van der Waals surface area contributed by atoms with Crippen molar-refractivity contribution in [1.29, 1.82) is 0 Å². The lowest BCUT2D eigenvalue weighted by Crippen LogP contribution is -2.41. The molecular formula is C13H30N2. The summed E-state index contributed by atoms with van der Waals surface area (Å²) in [6.07, 6.45) is 1.23. The standard InChI is InChI=1S/C13H30N2/c1-8-14-11(2)9-10-15(7)12(3)13(4,5)6/h11-12,14H,8-10H2,1-7H3. The Bertz CT molecular complexity index is 160. The zero-order valence-electron chi connectivity index (χ0n) is 11.7. The molecule has 2 unspecified atom stereocenters. The third-order valence-electron chi connectivity index (χ3n) is 3.38. The van der Waals surface area contributed by atoms with E-state index in [2.05, 4.69) is 58.8 Å². The molecule has 0 aromatic heterocycles. The van der Waals surface area contributed by atoms with Crippen molar-refractivity contribution in [2.45, 2.75) is 60.0 Å². The maximum absolute atomic E-state index is 3.45. The van der Waals surface area contributed by atoms with E-state index < -0.39 is 0 Å². The molecule has 15 heavy (non-hydrogen) atoms. The van der Waals surface area contributed by atoms with Gasteiger partial charge in [0.15, 0.2) is 0 Å². The number of hydrogen-bond acceptors (Lipinski definition) is 2. The van der Waals surface area contributed by atoms with Gasteiger partial charge in [0.2, 0.25) is 0 Å². The summed E-state index contributed by atoms with van der Waals surface area (Å²) in [5, 5.41) is 3.45. The summed E-state index contributed by atoms with van der Waals surface area (Å²) >= 11 is 0. The lowest BCUT2D eigenvalue weighted by atomic mass is 9.87. The van der Waals surface area contributed by atoms with E-state index in [9.17, 15) is 0 Å². The van der Waals surface area contributed by atoms with Gasteiger partial charge in [0.1, 0.15) is 0 Å². The van der Waals surface area contributed by atoms with Crippen LogP contribution in [0.4, 0.5) is 0 Å². The summed E-state index contributed by atoms with van der Waals surface area (Å²) in [7, 11) is 2.23. The van der Waals surface area contributed by atoms with E-state index >= 15 is 0 Å². The van der Waals surface area contributed by atoms with Gasteiger partial charge < -0.3 is 10.2 Å². The Morgan fingerprint density at radius 2 is 1.73 bits per heavy atom. The van der Waals surface area contributed by atoms with Crippen LogP contribution in [0.3, 0.4) is 0 Å². The van der Waals surface area contributed by atoms with Crippen molar-refractivity contribution in [2.24, 2.45) is 5.41 Å². The number of rotatable bonds is 6. The van der Waals surface area contributed by atoms with E-state index in [1.807, 2.05) is 0 Å². The first-order valence-electron chi connectivity index (χ1n) is 6.22. The first-order chi connectivity index (χ1) is 6.79. The van der Waals surface area contributed by atoms with Crippen molar-refractivity contribution < 1.29 is 0 Å². The van der Waals surface area contributed by atoms with E-state index in [1.54, 1.807) is 0 Å². The minimum absolute atomic E-state index is 0.371. The smallest absolute Gasteiger partial charge is 0.0112 e. The molecule has 0 aromatic rings. The third-order valence-corrected chi connectivity index (χ3v) is 3.38. The summed E-state index contributed by atoms with van der Waals surface area (Å²) in [5.41, 5.74) is 0.371. The lowest BCUT2D eigenvalue weighted by Gasteiger charge is -2.35. The van der Waals surface area contributed by atoms with Gasteiger partial charge in [-0.15, -0.1) is 0 Å². The SMILES string of the molecule is CCNC(C)CCN(C)C(C)C(C)(C)C. The Labute approximate surface area is 96.4 Å². The Kier molecular flexibility index (Phi) is 6.46. The van der Waals surface area contributed by atoms with Crippen LogP contribution in [0.1, 0.15) is 48.0 Å². The maximum atomic E-state index is 3.45. The first-order valence-corrected chi connectivity index (χ1v) is 6.22. The predicted molar refractivity (Wildman–Crippen MR) is 69.3 cm³/mol. The highest BCUT2D eigenvalue weighted by Gasteiger charge is 2.23. The average molecular weight is 214 g/mol. The molecule has 0 aliphatic rings. The van der Waals surface area contributed by atoms with Crippen molar-refractivity contribution >= 4 is 0 Å². The fourth-order valence-electron chi connectivity index (χ4n) is 1.70. The molecule has 0 heterocycles. The van der Waals surface area contributed by atoms with Crippen LogP contribution >= 0.6 is 0 Å². The highest BCUT2D eigenvalue weighted by atomic mass is 15.1. The van der Waals surface area contributed by atoms with Gasteiger partial charge in [-0.1, -0.05) is 27.7 Å². The Hall–Kier alpha value is -0.0800. The van der Waals surface area contributed by atoms with Crippen LogP contribution in [0.5, 0.6) is 0 Å². The minimum Gasteiger partial charge on any atom is -0.314 e. The van der Waals surface area contributed by atoms with Crippen LogP contribution in [0.25, 0.3) is 0 Å². The minimum atomic E-state index is 0.371. The topological polar surface area (TPSA) is 15.3 Å². The van der Waals surface area contributed by atoms with Crippen LogP contribution in [-0.4, -0.2) is 37.1 Å². The van der Waals surface area contributed by atoms with Crippen molar-refractivity contribution in [3.05, 3.63) is 0 Å². The van der Waals surface area contributed by atoms with Gasteiger partial charge in [-0.25, -0.2) is 0 Å². The van der Waals surface area contributed by atoms with Crippen LogP contribution in [-0.2, 0) is 0 Å². The fraction of sp³-hybridized carbons (Fsp3) is 1.00. The van der Waals surface area contributed by atoms with E-state index in [0.717, 1.165) is 6.54 Å². The van der Waals surface area contributed by atoms with Crippen LogP contribution in [0.15, 0.2) is 0 Å². The highest BCUT2D eigenvalue weighted by molar-refractivity contribution is 4.78. The van der Waals surface area contributed by atoms with Crippen LogP contribution in [0.2, 0.25) is 0 Å². The summed E-state index contributed by atoms with van der Waals surface area (Å²) in [4.78, 5) is 2.47. The molecule has 0 radical (unpaired) electrons. The molecule has 0 rings (SSSR count). The number of nitrogens with one attached hydrogen (secondary N) is 1. The lowest BCUT2D eigenvalue weighted by molar-refractivity contribution is 0.136. The normalized spacial score (nSPS) is 16.8. The largest absolute Gasteiger partial charge is 0.314 e. The molecule has 2 nitrogen and oxygen atoms in total. The number of hydrogen-bond donors (Lipinski definition) is 1. The summed E-state index contributed by atoms with van der Waals surface area (Å²) in [5.74, 6) is 0. The molecule has 1 N–H and O–H groups in total. The molecule has 0 amide bonds. The van der Waals surface area contributed by atoms with Crippen LogP contribution in [0, 0.1) is 5.41 Å². The molecular weight excluding hydrogens is 184 g/mol.